The summed E-state index contributed by atoms with van der Waals surface area (Å²) in [5.74, 6) is 1.22. The summed E-state index contributed by atoms with van der Waals surface area (Å²) >= 11 is 0. The maximum Gasteiger partial charge on any atom is 0.159 e. The van der Waals surface area contributed by atoms with Crippen molar-refractivity contribution >= 4 is 0 Å². The van der Waals surface area contributed by atoms with Gasteiger partial charge in [0.05, 0.1) is 18.8 Å². The van der Waals surface area contributed by atoms with Crippen LogP contribution in [0.5, 0.6) is 0 Å². The maximum absolute atomic E-state index is 9.06. The van der Waals surface area contributed by atoms with Gasteiger partial charge in [-0.05, 0) is 25.5 Å². The largest absolute Gasteiger partial charge is 0.394 e. The summed E-state index contributed by atoms with van der Waals surface area (Å²) in [7, 11) is 0. The third kappa shape index (κ3) is 4.40. The molecule has 1 N–H and O–H groups in total. The van der Waals surface area contributed by atoms with E-state index in [1.807, 2.05) is 53.6 Å². The van der Waals surface area contributed by atoms with Crippen molar-refractivity contribution in [3.63, 3.8) is 0 Å². The first kappa shape index (κ1) is 17.8. The predicted octanol–water partition coefficient (Wildman–Crippen LogP) is 2.71. The van der Waals surface area contributed by atoms with E-state index in [2.05, 4.69) is 26.0 Å². The average molecular weight is 363 g/mol. The van der Waals surface area contributed by atoms with Gasteiger partial charge in [0.2, 0.25) is 0 Å². The Hall–Kier alpha value is -2.57. The van der Waals surface area contributed by atoms with Gasteiger partial charge in [0.25, 0.3) is 0 Å². The molecule has 0 amide bonds. The molecule has 0 spiro atoms. The summed E-state index contributed by atoms with van der Waals surface area (Å²) in [5, 5.41) is 13.7. The van der Waals surface area contributed by atoms with Crippen LogP contribution in [-0.4, -0.2) is 49.5 Å². The second kappa shape index (κ2) is 8.41. The average Bonchev–Trinajstić information content (AvgIpc) is 3.19. The molecule has 3 aromatic rings. The van der Waals surface area contributed by atoms with Crippen LogP contribution in [0.15, 0.2) is 55.0 Å². The van der Waals surface area contributed by atoms with Crippen molar-refractivity contribution in [2.45, 2.75) is 31.8 Å². The Morgan fingerprint density at radius 3 is 2.67 bits per heavy atom. The molecular weight excluding hydrogens is 338 g/mol. The Bertz CT molecular complexity index is 847. The van der Waals surface area contributed by atoms with Gasteiger partial charge in [-0.2, -0.15) is 5.10 Å². The van der Waals surface area contributed by atoms with Crippen molar-refractivity contribution in [2.75, 3.05) is 19.7 Å². The Labute approximate surface area is 159 Å². The van der Waals surface area contributed by atoms with Gasteiger partial charge in [-0.1, -0.05) is 30.3 Å². The predicted molar refractivity (Wildman–Crippen MR) is 104 cm³/mol. The molecule has 1 saturated heterocycles. The van der Waals surface area contributed by atoms with Crippen LogP contribution in [0, 0.1) is 0 Å². The van der Waals surface area contributed by atoms with Crippen molar-refractivity contribution in [3.05, 3.63) is 66.2 Å². The summed E-state index contributed by atoms with van der Waals surface area (Å²) < 4.78 is 1.82. The lowest BCUT2D eigenvalue weighted by Crippen LogP contribution is -2.34. The van der Waals surface area contributed by atoms with E-state index in [1.165, 1.54) is 6.42 Å². The molecule has 27 heavy (non-hydrogen) atoms. The lowest BCUT2D eigenvalue weighted by molar-refractivity contribution is 0.197. The van der Waals surface area contributed by atoms with Crippen LogP contribution in [0.3, 0.4) is 0 Å². The highest BCUT2D eigenvalue weighted by Gasteiger charge is 2.23. The van der Waals surface area contributed by atoms with Gasteiger partial charge in [-0.15, -0.1) is 0 Å². The van der Waals surface area contributed by atoms with Crippen molar-refractivity contribution in [3.8, 4) is 11.4 Å². The van der Waals surface area contributed by atoms with Gasteiger partial charge in [-0.3, -0.25) is 9.58 Å². The number of aromatic nitrogens is 4. The number of likely N-dealkylation sites (tertiary alicyclic amines) is 1. The van der Waals surface area contributed by atoms with Gasteiger partial charge in [0, 0.05) is 48.7 Å². The number of nitrogens with zero attached hydrogens (tertiary/aromatic N) is 5. The zero-order valence-electron chi connectivity index (χ0n) is 15.4. The SMILES string of the molecule is OCCn1ccc([C@H]2CCCN(Cc3cnc(-c4ccccc4)nc3)C2)n1. The Balaban J connectivity index is 1.38. The van der Waals surface area contributed by atoms with Crippen LogP contribution in [-0.2, 0) is 13.1 Å². The third-order valence-corrected chi connectivity index (χ3v) is 5.06. The summed E-state index contributed by atoms with van der Waals surface area (Å²) in [5.41, 5.74) is 3.31. The Morgan fingerprint density at radius 2 is 1.89 bits per heavy atom. The molecule has 6 heteroatoms. The number of aliphatic hydroxyl groups excluding tert-OH is 1. The minimum Gasteiger partial charge on any atom is -0.394 e. The second-order valence-corrected chi connectivity index (χ2v) is 7.08. The molecule has 6 nitrogen and oxygen atoms in total. The minimum atomic E-state index is 0.122. The normalized spacial score (nSPS) is 17.9. The molecule has 2 aromatic heterocycles. The molecule has 0 unspecified atom stereocenters. The van der Waals surface area contributed by atoms with E-state index in [0.717, 1.165) is 48.7 Å². The van der Waals surface area contributed by atoms with Crippen LogP contribution in [0.2, 0.25) is 0 Å². The van der Waals surface area contributed by atoms with Gasteiger partial charge < -0.3 is 5.11 Å². The van der Waals surface area contributed by atoms with Gasteiger partial charge in [-0.25, -0.2) is 9.97 Å². The van der Waals surface area contributed by atoms with Crippen molar-refractivity contribution in [1.82, 2.24) is 24.6 Å². The Morgan fingerprint density at radius 1 is 1.07 bits per heavy atom. The molecule has 1 aromatic carbocycles. The summed E-state index contributed by atoms with van der Waals surface area (Å²) in [6.07, 6.45) is 8.17. The van der Waals surface area contributed by atoms with Crippen molar-refractivity contribution in [1.29, 1.82) is 0 Å². The standard InChI is InChI=1S/C21H25N5O/c27-12-11-26-10-8-20(24-26)19-7-4-9-25(16-19)15-17-13-22-21(23-14-17)18-5-2-1-3-6-18/h1-3,5-6,8,10,13-14,19,27H,4,7,9,11-12,15-16H2/t19-/m0/s1. The molecule has 140 valence electrons. The second-order valence-electron chi connectivity index (χ2n) is 7.08. The fourth-order valence-corrected chi connectivity index (χ4v) is 3.69. The summed E-state index contributed by atoms with van der Waals surface area (Å²) in [4.78, 5) is 11.5. The molecular formula is C21H25N5O. The first-order chi connectivity index (χ1) is 13.3. The van der Waals surface area contributed by atoms with E-state index >= 15 is 0 Å². The fraction of sp³-hybridized carbons (Fsp3) is 0.381. The van der Waals surface area contributed by atoms with E-state index in [0.29, 0.717) is 12.5 Å². The molecule has 1 aliphatic heterocycles. The highest BCUT2D eigenvalue weighted by Crippen LogP contribution is 2.26. The highest BCUT2D eigenvalue weighted by molar-refractivity contribution is 5.53. The quantitative estimate of drug-likeness (QED) is 0.729. The number of rotatable bonds is 6. The van der Waals surface area contributed by atoms with Gasteiger partial charge >= 0.3 is 0 Å². The maximum atomic E-state index is 9.06. The molecule has 0 radical (unpaired) electrons. The van der Waals surface area contributed by atoms with Crippen LogP contribution < -0.4 is 0 Å². The number of hydrogen-bond acceptors (Lipinski definition) is 5. The van der Waals surface area contributed by atoms with Gasteiger partial charge in [0.1, 0.15) is 0 Å². The zero-order chi connectivity index (χ0) is 18.5. The summed E-state index contributed by atoms with van der Waals surface area (Å²) in [6, 6.07) is 12.1. The number of hydrogen-bond donors (Lipinski definition) is 1. The molecule has 0 aliphatic carbocycles. The molecule has 0 saturated carbocycles. The van der Waals surface area contributed by atoms with Crippen molar-refractivity contribution in [2.24, 2.45) is 0 Å². The molecule has 1 aliphatic rings. The smallest absolute Gasteiger partial charge is 0.159 e. The fourth-order valence-electron chi connectivity index (χ4n) is 3.69. The summed E-state index contributed by atoms with van der Waals surface area (Å²) in [6.45, 7) is 3.63. The molecule has 1 fully saturated rings. The highest BCUT2D eigenvalue weighted by atomic mass is 16.3. The van der Waals surface area contributed by atoms with E-state index in [1.54, 1.807) is 0 Å². The first-order valence-corrected chi connectivity index (χ1v) is 9.55. The Kier molecular flexibility index (Phi) is 5.55. The van der Waals surface area contributed by atoms with Crippen LogP contribution in [0.25, 0.3) is 11.4 Å². The van der Waals surface area contributed by atoms with E-state index in [-0.39, 0.29) is 6.61 Å². The van der Waals surface area contributed by atoms with E-state index in [4.69, 9.17) is 5.11 Å². The monoisotopic (exact) mass is 363 g/mol. The van der Waals surface area contributed by atoms with Crippen LogP contribution >= 0.6 is 0 Å². The van der Waals surface area contributed by atoms with E-state index in [9.17, 15) is 0 Å². The lowest BCUT2D eigenvalue weighted by atomic mass is 9.95. The number of benzene rings is 1. The topological polar surface area (TPSA) is 67.1 Å². The molecule has 3 heterocycles. The molecule has 4 rings (SSSR count). The van der Waals surface area contributed by atoms with Crippen molar-refractivity contribution < 1.29 is 5.11 Å². The van der Waals surface area contributed by atoms with E-state index < -0.39 is 0 Å². The minimum absolute atomic E-state index is 0.122. The third-order valence-electron chi connectivity index (χ3n) is 5.06. The molecule has 1 atom stereocenters. The first-order valence-electron chi connectivity index (χ1n) is 9.55. The number of piperidine rings is 1. The zero-order valence-corrected chi connectivity index (χ0v) is 15.4. The molecule has 0 bridgehead atoms. The number of aliphatic hydroxyl groups is 1. The van der Waals surface area contributed by atoms with Crippen LogP contribution in [0.1, 0.15) is 30.0 Å². The van der Waals surface area contributed by atoms with Gasteiger partial charge in [0.15, 0.2) is 5.82 Å². The van der Waals surface area contributed by atoms with Crippen LogP contribution in [0.4, 0.5) is 0 Å². The lowest BCUT2D eigenvalue weighted by Gasteiger charge is -2.31.